The van der Waals surface area contributed by atoms with Crippen molar-refractivity contribution in [3.63, 3.8) is 0 Å². The molecular formula is C11H12BrNO3. The molecule has 0 radical (unpaired) electrons. The van der Waals surface area contributed by atoms with E-state index < -0.39 is 5.97 Å². The van der Waals surface area contributed by atoms with E-state index in [0.29, 0.717) is 5.75 Å². The average molecular weight is 286 g/mol. The van der Waals surface area contributed by atoms with Gasteiger partial charge in [0, 0.05) is 16.7 Å². The van der Waals surface area contributed by atoms with Crippen LogP contribution in [-0.2, 0) is 9.53 Å². The summed E-state index contributed by atoms with van der Waals surface area (Å²) in [5.74, 6) is 0.277. The molecule has 86 valence electrons. The minimum atomic E-state index is -0.415. The highest BCUT2D eigenvalue weighted by Gasteiger charge is 2.01. The average Bonchev–Trinajstić information content (AvgIpc) is 2.29. The lowest BCUT2D eigenvalue weighted by atomic mass is 10.3. The zero-order chi connectivity index (χ0) is 12.0. The van der Waals surface area contributed by atoms with Crippen molar-refractivity contribution >= 4 is 27.6 Å². The largest absolute Gasteiger partial charge is 0.495 e. The smallest absolute Gasteiger partial charge is 0.331 e. The lowest BCUT2D eigenvalue weighted by Crippen LogP contribution is -1.97. The monoisotopic (exact) mass is 285 g/mol. The normalized spacial score (nSPS) is 10.2. The first-order valence-corrected chi connectivity index (χ1v) is 5.31. The molecule has 0 bridgehead atoms. The number of methoxy groups -OCH3 is 2. The van der Waals surface area contributed by atoms with Crippen LogP contribution in [0.2, 0.25) is 0 Å². The Bertz CT molecular complexity index is 404. The van der Waals surface area contributed by atoms with Crippen molar-refractivity contribution in [3.05, 3.63) is 34.9 Å². The third-order valence-electron chi connectivity index (χ3n) is 1.82. The predicted octanol–water partition coefficient (Wildman–Crippen LogP) is 2.56. The number of esters is 1. The van der Waals surface area contributed by atoms with E-state index in [-0.39, 0.29) is 0 Å². The summed E-state index contributed by atoms with van der Waals surface area (Å²) in [5, 5.41) is 2.93. The van der Waals surface area contributed by atoms with Crippen molar-refractivity contribution in [1.82, 2.24) is 0 Å². The van der Waals surface area contributed by atoms with Gasteiger partial charge in [0.1, 0.15) is 5.75 Å². The van der Waals surface area contributed by atoms with Crippen LogP contribution < -0.4 is 10.1 Å². The molecule has 0 aliphatic heterocycles. The summed E-state index contributed by atoms with van der Waals surface area (Å²) in [6, 6.07) is 5.53. The molecule has 0 saturated carbocycles. The van der Waals surface area contributed by atoms with E-state index in [4.69, 9.17) is 4.74 Å². The summed E-state index contributed by atoms with van der Waals surface area (Å²) in [5.41, 5.74) is 0.761. The van der Waals surface area contributed by atoms with Gasteiger partial charge in [0.05, 0.1) is 19.9 Å². The van der Waals surface area contributed by atoms with Gasteiger partial charge in [0.2, 0.25) is 0 Å². The maximum absolute atomic E-state index is 10.8. The lowest BCUT2D eigenvalue weighted by Gasteiger charge is -2.08. The summed E-state index contributed by atoms with van der Waals surface area (Å²) < 4.78 is 10.5. The molecule has 0 atom stereocenters. The highest BCUT2D eigenvalue weighted by molar-refractivity contribution is 9.10. The summed E-state index contributed by atoms with van der Waals surface area (Å²) in [6.45, 7) is 0. The molecule has 1 aromatic carbocycles. The molecular weight excluding hydrogens is 274 g/mol. The zero-order valence-electron chi connectivity index (χ0n) is 8.99. The Morgan fingerprint density at radius 3 is 2.81 bits per heavy atom. The molecule has 16 heavy (non-hydrogen) atoms. The zero-order valence-corrected chi connectivity index (χ0v) is 10.6. The van der Waals surface area contributed by atoms with Gasteiger partial charge >= 0.3 is 5.97 Å². The van der Waals surface area contributed by atoms with E-state index >= 15 is 0 Å². The summed E-state index contributed by atoms with van der Waals surface area (Å²) >= 11 is 3.35. The highest BCUT2D eigenvalue weighted by Crippen LogP contribution is 2.27. The van der Waals surface area contributed by atoms with Crippen LogP contribution in [0.15, 0.2) is 34.9 Å². The molecule has 5 heteroatoms. The van der Waals surface area contributed by atoms with Crippen molar-refractivity contribution in [3.8, 4) is 5.75 Å². The summed E-state index contributed by atoms with van der Waals surface area (Å²) in [6.07, 6.45) is 2.79. The maximum atomic E-state index is 10.8. The fourth-order valence-electron chi connectivity index (χ4n) is 1.06. The second-order valence-corrected chi connectivity index (χ2v) is 3.76. The second kappa shape index (κ2) is 6.17. The standard InChI is InChI=1S/C11H12BrNO3/c1-15-10-4-3-8(12)7-9(10)13-6-5-11(14)16-2/h3-7,13H,1-2H3/b6-5+. The number of halogens is 1. The van der Waals surface area contributed by atoms with E-state index in [1.54, 1.807) is 7.11 Å². The molecule has 1 N–H and O–H groups in total. The fraction of sp³-hybridized carbons (Fsp3) is 0.182. The number of hydrogen-bond donors (Lipinski definition) is 1. The number of nitrogens with one attached hydrogen (secondary N) is 1. The SMILES string of the molecule is COC(=O)/C=C/Nc1cc(Br)ccc1OC. The number of rotatable bonds is 4. The molecule has 4 nitrogen and oxygen atoms in total. The van der Waals surface area contributed by atoms with Crippen molar-refractivity contribution in [2.45, 2.75) is 0 Å². The molecule has 0 amide bonds. The minimum absolute atomic E-state index is 0.415. The van der Waals surface area contributed by atoms with Crippen LogP contribution in [0.25, 0.3) is 0 Å². The Balaban J connectivity index is 2.76. The molecule has 0 saturated heterocycles. The van der Waals surface area contributed by atoms with Gasteiger partial charge in [0.25, 0.3) is 0 Å². The van der Waals surface area contributed by atoms with Crippen LogP contribution in [-0.4, -0.2) is 20.2 Å². The molecule has 0 aromatic heterocycles. The van der Waals surface area contributed by atoms with Crippen molar-refractivity contribution in [2.75, 3.05) is 19.5 Å². The number of anilines is 1. The summed E-state index contributed by atoms with van der Waals surface area (Å²) in [7, 11) is 2.91. The Morgan fingerprint density at radius 2 is 2.19 bits per heavy atom. The first-order chi connectivity index (χ1) is 7.67. The van der Waals surface area contributed by atoms with E-state index in [9.17, 15) is 4.79 Å². The molecule has 0 heterocycles. The first-order valence-electron chi connectivity index (χ1n) is 4.52. The molecule has 0 unspecified atom stereocenters. The van der Waals surface area contributed by atoms with Gasteiger partial charge < -0.3 is 14.8 Å². The van der Waals surface area contributed by atoms with Gasteiger partial charge in [-0.15, -0.1) is 0 Å². The quantitative estimate of drug-likeness (QED) is 0.682. The van der Waals surface area contributed by atoms with E-state index in [1.165, 1.54) is 19.4 Å². The fourth-order valence-corrected chi connectivity index (χ4v) is 1.42. The third kappa shape index (κ3) is 3.58. The van der Waals surface area contributed by atoms with Crippen LogP contribution in [0.1, 0.15) is 0 Å². The molecule has 1 rings (SSSR count). The van der Waals surface area contributed by atoms with E-state index in [2.05, 4.69) is 26.0 Å². The van der Waals surface area contributed by atoms with Crippen LogP contribution >= 0.6 is 15.9 Å². The Labute approximate surface area is 102 Å². The van der Waals surface area contributed by atoms with Crippen LogP contribution in [0.3, 0.4) is 0 Å². The summed E-state index contributed by atoms with van der Waals surface area (Å²) in [4.78, 5) is 10.8. The number of ether oxygens (including phenoxy) is 2. The van der Waals surface area contributed by atoms with Gasteiger partial charge in [-0.25, -0.2) is 4.79 Å². The number of benzene rings is 1. The Morgan fingerprint density at radius 1 is 1.44 bits per heavy atom. The van der Waals surface area contributed by atoms with Crippen molar-refractivity contribution in [1.29, 1.82) is 0 Å². The minimum Gasteiger partial charge on any atom is -0.495 e. The van der Waals surface area contributed by atoms with Crippen LogP contribution in [0, 0.1) is 0 Å². The Kier molecular flexibility index (Phi) is 4.85. The van der Waals surface area contributed by atoms with Crippen LogP contribution in [0.4, 0.5) is 5.69 Å². The van der Waals surface area contributed by atoms with Gasteiger partial charge in [0.15, 0.2) is 0 Å². The maximum Gasteiger partial charge on any atom is 0.331 e. The van der Waals surface area contributed by atoms with Gasteiger partial charge in [-0.05, 0) is 18.2 Å². The number of carbonyl (C=O) groups excluding carboxylic acids is 1. The third-order valence-corrected chi connectivity index (χ3v) is 2.31. The van der Waals surface area contributed by atoms with Gasteiger partial charge in [-0.1, -0.05) is 15.9 Å². The second-order valence-electron chi connectivity index (χ2n) is 2.85. The van der Waals surface area contributed by atoms with Crippen molar-refractivity contribution in [2.24, 2.45) is 0 Å². The lowest BCUT2D eigenvalue weighted by molar-refractivity contribution is -0.134. The van der Waals surface area contributed by atoms with Gasteiger partial charge in [-0.2, -0.15) is 0 Å². The predicted molar refractivity (Wildman–Crippen MR) is 65.5 cm³/mol. The Hall–Kier alpha value is -1.49. The van der Waals surface area contributed by atoms with E-state index in [1.807, 2.05) is 18.2 Å². The molecule has 0 fully saturated rings. The molecule has 0 aliphatic carbocycles. The van der Waals surface area contributed by atoms with Crippen LogP contribution in [0.5, 0.6) is 5.75 Å². The first kappa shape index (κ1) is 12.6. The molecule has 0 spiro atoms. The van der Waals surface area contributed by atoms with Crippen molar-refractivity contribution < 1.29 is 14.3 Å². The topological polar surface area (TPSA) is 47.6 Å². The molecule has 1 aromatic rings. The van der Waals surface area contributed by atoms with Gasteiger partial charge in [-0.3, -0.25) is 0 Å². The van der Waals surface area contributed by atoms with E-state index in [0.717, 1.165) is 10.2 Å². The number of carbonyl (C=O) groups is 1. The number of hydrogen-bond acceptors (Lipinski definition) is 4. The molecule has 0 aliphatic rings. The highest BCUT2D eigenvalue weighted by atomic mass is 79.9.